The normalized spacial score (nSPS) is 10.4. The fourth-order valence-electron chi connectivity index (χ4n) is 1.99. The first kappa shape index (κ1) is 15.3. The molecular weight excluding hydrogens is 238 g/mol. The Bertz CT molecular complexity index is 452. The highest BCUT2D eigenvalue weighted by Crippen LogP contribution is 2.31. The second-order valence-corrected chi connectivity index (χ2v) is 4.82. The predicted molar refractivity (Wildman–Crippen MR) is 78.4 cm³/mol. The van der Waals surface area contributed by atoms with E-state index in [0.717, 1.165) is 11.3 Å². The van der Waals surface area contributed by atoms with Crippen LogP contribution >= 0.6 is 0 Å². The molecule has 3 heteroatoms. The minimum atomic E-state index is -0.0857. The van der Waals surface area contributed by atoms with Crippen molar-refractivity contribution in [3.8, 4) is 5.75 Å². The monoisotopic (exact) mass is 261 g/mol. The Morgan fingerprint density at radius 1 is 1.47 bits per heavy atom. The van der Waals surface area contributed by atoms with Crippen LogP contribution in [-0.2, 0) is 11.3 Å². The van der Waals surface area contributed by atoms with Crippen molar-refractivity contribution < 1.29 is 9.53 Å². The minimum Gasteiger partial charge on any atom is -0.493 e. The number of rotatable bonds is 6. The molecule has 0 aliphatic rings. The molecule has 0 saturated heterocycles. The topological polar surface area (TPSA) is 29.5 Å². The van der Waals surface area contributed by atoms with Crippen LogP contribution in [0.4, 0.5) is 0 Å². The fraction of sp³-hybridized carbons (Fsp3) is 0.438. The number of hydrogen-bond acceptors (Lipinski definition) is 2. The van der Waals surface area contributed by atoms with Crippen LogP contribution in [0.2, 0.25) is 0 Å². The van der Waals surface area contributed by atoms with Crippen LogP contribution in [0.5, 0.6) is 5.75 Å². The number of likely N-dealkylation sites (N-methyl/N-ethyl adjacent to an activating group) is 1. The van der Waals surface area contributed by atoms with E-state index < -0.39 is 0 Å². The van der Waals surface area contributed by atoms with Crippen molar-refractivity contribution in [1.29, 1.82) is 0 Å². The number of carbonyl (C=O) groups excluding carboxylic acids is 1. The predicted octanol–water partition coefficient (Wildman–Crippen LogP) is 3.35. The SMILES string of the molecule is C=CC(=O)N(C)Cc1cccc(C(C)C)c1OCC. The van der Waals surface area contributed by atoms with E-state index in [1.165, 1.54) is 11.6 Å². The van der Waals surface area contributed by atoms with Gasteiger partial charge in [0, 0.05) is 19.2 Å². The van der Waals surface area contributed by atoms with Crippen molar-refractivity contribution in [2.24, 2.45) is 0 Å². The summed E-state index contributed by atoms with van der Waals surface area (Å²) in [5.74, 6) is 1.21. The number of nitrogens with zero attached hydrogens (tertiary/aromatic N) is 1. The van der Waals surface area contributed by atoms with E-state index in [-0.39, 0.29) is 5.91 Å². The lowest BCUT2D eigenvalue weighted by atomic mass is 9.99. The summed E-state index contributed by atoms with van der Waals surface area (Å²) in [4.78, 5) is 13.2. The Kier molecular flexibility index (Phi) is 5.61. The van der Waals surface area contributed by atoms with Gasteiger partial charge in [-0.3, -0.25) is 4.79 Å². The molecule has 0 bridgehead atoms. The molecule has 104 valence electrons. The van der Waals surface area contributed by atoms with Gasteiger partial charge in [-0.2, -0.15) is 0 Å². The molecular formula is C16H23NO2. The summed E-state index contributed by atoms with van der Waals surface area (Å²) >= 11 is 0. The van der Waals surface area contributed by atoms with E-state index >= 15 is 0 Å². The highest BCUT2D eigenvalue weighted by atomic mass is 16.5. The minimum absolute atomic E-state index is 0.0857. The Morgan fingerprint density at radius 3 is 2.68 bits per heavy atom. The van der Waals surface area contributed by atoms with Gasteiger partial charge in [-0.15, -0.1) is 0 Å². The van der Waals surface area contributed by atoms with Gasteiger partial charge in [0.1, 0.15) is 5.75 Å². The van der Waals surface area contributed by atoms with Crippen LogP contribution in [-0.4, -0.2) is 24.5 Å². The van der Waals surface area contributed by atoms with E-state index in [0.29, 0.717) is 19.1 Å². The lowest BCUT2D eigenvalue weighted by molar-refractivity contribution is -0.125. The zero-order chi connectivity index (χ0) is 14.4. The summed E-state index contributed by atoms with van der Waals surface area (Å²) < 4.78 is 5.78. The number of benzene rings is 1. The number of para-hydroxylation sites is 1. The fourth-order valence-corrected chi connectivity index (χ4v) is 1.99. The van der Waals surface area contributed by atoms with Crippen molar-refractivity contribution in [3.05, 3.63) is 42.0 Å². The first-order chi connectivity index (χ1) is 9.01. The summed E-state index contributed by atoms with van der Waals surface area (Å²) in [7, 11) is 1.77. The molecule has 0 fully saturated rings. The molecule has 0 aliphatic carbocycles. The van der Waals surface area contributed by atoms with Crippen molar-refractivity contribution in [3.63, 3.8) is 0 Å². The Hall–Kier alpha value is -1.77. The van der Waals surface area contributed by atoms with E-state index in [1.54, 1.807) is 11.9 Å². The largest absolute Gasteiger partial charge is 0.493 e. The van der Waals surface area contributed by atoms with Crippen LogP contribution in [0.25, 0.3) is 0 Å². The Morgan fingerprint density at radius 2 is 2.16 bits per heavy atom. The molecule has 1 rings (SSSR count). The maximum atomic E-state index is 11.6. The molecule has 0 spiro atoms. The summed E-state index contributed by atoms with van der Waals surface area (Å²) in [5.41, 5.74) is 2.21. The molecule has 0 unspecified atom stereocenters. The third kappa shape index (κ3) is 3.85. The maximum absolute atomic E-state index is 11.6. The molecule has 1 amide bonds. The molecule has 3 nitrogen and oxygen atoms in total. The molecule has 0 saturated carbocycles. The third-order valence-corrected chi connectivity index (χ3v) is 3.00. The van der Waals surface area contributed by atoms with Gasteiger partial charge in [0.15, 0.2) is 0 Å². The van der Waals surface area contributed by atoms with Gasteiger partial charge in [-0.1, -0.05) is 38.6 Å². The average molecular weight is 261 g/mol. The molecule has 1 aromatic carbocycles. The molecule has 0 N–H and O–H groups in total. The van der Waals surface area contributed by atoms with Crippen LogP contribution in [0.3, 0.4) is 0 Å². The molecule has 0 radical (unpaired) electrons. The van der Waals surface area contributed by atoms with Crippen molar-refractivity contribution in [1.82, 2.24) is 4.90 Å². The number of ether oxygens (including phenoxy) is 1. The highest BCUT2D eigenvalue weighted by molar-refractivity contribution is 5.86. The first-order valence-corrected chi connectivity index (χ1v) is 6.63. The van der Waals surface area contributed by atoms with Crippen molar-refractivity contribution in [2.75, 3.05) is 13.7 Å². The smallest absolute Gasteiger partial charge is 0.245 e. The van der Waals surface area contributed by atoms with E-state index in [9.17, 15) is 4.79 Å². The summed E-state index contributed by atoms with van der Waals surface area (Å²) in [6.07, 6.45) is 1.33. The standard InChI is InChI=1S/C16H23NO2/c1-6-15(18)17(5)11-13-9-8-10-14(12(3)4)16(13)19-7-2/h6,8-10,12H,1,7,11H2,2-5H3. The number of carbonyl (C=O) groups is 1. The average Bonchev–Trinajstić information content (AvgIpc) is 2.39. The molecule has 1 aromatic rings. The molecule has 0 aliphatic heterocycles. The van der Waals surface area contributed by atoms with Gasteiger partial charge >= 0.3 is 0 Å². The zero-order valence-electron chi connectivity index (χ0n) is 12.3. The third-order valence-electron chi connectivity index (χ3n) is 3.00. The van der Waals surface area contributed by atoms with Crippen LogP contribution in [0, 0.1) is 0 Å². The lowest BCUT2D eigenvalue weighted by Crippen LogP contribution is -2.24. The van der Waals surface area contributed by atoms with Gasteiger partial charge in [0.25, 0.3) is 0 Å². The van der Waals surface area contributed by atoms with Gasteiger partial charge in [0.05, 0.1) is 6.61 Å². The lowest BCUT2D eigenvalue weighted by Gasteiger charge is -2.21. The Labute approximate surface area is 115 Å². The molecule has 19 heavy (non-hydrogen) atoms. The second-order valence-electron chi connectivity index (χ2n) is 4.82. The zero-order valence-corrected chi connectivity index (χ0v) is 12.3. The van der Waals surface area contributed by atoms with Crippen LogP contribution in [0.1, 0.15) is 37.8 Å². The van der Waals surface area contributed by atoms with Crippen LogP contribution in [0.15, 0.2) is 30.9 Å². The van der Waals surface area contributed by atoms with Gasteiger partial charge < -0.3 is 9.64 Å². The second kappa shape index (κ2) is 6.98. The van der Waals surface area contributed by atoms with Crippen molar-refractivity contribution in [2.45, 2.75) is 33.2 Å². The molecule has 0 aromatic heterocycles. The highest BCUT2D eigenvalue weighted by Gasteiger charge is 2.14. The Balaban J connectivity index is 3.08. The summed E-state index contributed by atoms with van der Waals surface area (Å²) in [5, 5.41) is 0. The van der Waals surface area contributed by atoms with Crippen molar-refractivity contribution >= 4 is 5.91 Å². The number of amides is 1. The summed E-state index contributed by atoms with van der Waals surface area (Å²) in [6.45, 7) is 10.9. The first-order valence-electron chi connectivity index (χ1n) is 6.63. The van der Waals surface area contributed by atoms with E-state index in [2.05, 4.69) is 26.5 Å². The van der Waals surface area contributed by atoms with Gasteiger partial charge in [-0.25, -0.2) is 0 Å². The van der Waals surface area contributed by atoms with E-state index in [1.807, 2.05) is 19.1 Å². The summed E-state index contributed by atoms with van der Waals surface area (Å²) in [6, 6.07) is 6.09. The number of hydrogen-bond donors (Lipinski definition) is 0. The maximum Gasteiger partial charge on any atom is 0.245 e. The van der Waals surface area contributed by atoms with E-state index in [4.69, 9.17) is 4.74 Å². The van der Waals surface area contributed by atoms with Gasteiger partial charge in [0.2, 0.25) is 5.91 Å². The molecule has 0 heterocycles. The van der Waals surface area contributed by atoms with Gasteiger partial charge in [-0.05, 0) is 24.5 Å². The quantitative estimate of drug-likeness (QED) is 0.735. The van der Waals surface area contributed by atoms with Crippen LogP contribution < -0.4 is 4.74 Å². The molecule has 0 atom stereocenters.